The highest BCUT2D eigenvalue weighted by Crippen LogP contribution is 2.32. The van der Waals surface area contributed by atoms with Crippen LogP contribution in [0.2, 0.25) is 0 Å². The van der Waals surface area contributed by atoms with E-state index in [9.17, 15) is 13.2 Å². The van der Waals surface area contributed by atoms with Gasteiger partial charge in [-0.2, -0.15) is 13.2 Å². The van der Waals surface area contributed by atoms with Crippen molar-refractivity contribution in [2.45, 2.75) is 19.5 Å². The molecule has 0 aromatic heterocycles. The fourth-order valence-electron chi connectivity index (χ4n) is 1.95. The van der Waals surface area contributed by atoms with Gasteiger partial charge < -0.3 is 15.7 Å². The van der Waals surface area contributed by atoms with Crippen molar-refractivity contribution in [2.75, 3.05) is 24.6 Å². The molecule has 1 aromatic rings. The number of alkyl halides is 3. The lowest BCUT2D eigenvalue weighted by Gasteiger charge is -2.26. The summed E-state index contributed by atoms with van der Waals surface area (Å²) in [7, 11) is 0. The SMILES string of the molecule is CCCN(CCO)c1ccc(C(F)(F)F)cc1C(=N)N. The number of rotatable bonds is 6. The van der Waals surface area contributed by atoms with Crippen LogP contribution in [0, 0.1) is 5.41 Å². The number of aliphatic hydroxyl groups is 1. The maximum Gasteiger partial charge on any atom is 0.416 e. The molecule has 1 rings (SSSR count). The highest BCUT2D eigenvalue weighted by atomic mass is 19.4. The number of halogens is 3. The smallest absolute Gasteiger partial charge is 0.395 e. The first-order chi connectivity index (χ1) is 9.31. The van der Waals surface area contributed by atoms with Crippen molar-refractivity contribution < 1.29 is 18.3 Å². The second kappa shape index (κ2) is 6.60. The van der Waals surface area contributed by atoms with Gasteiger partial charge in [0.05, 0.1) is 12.2 Å². The van der Waals surface area contributed by atoms with E-state index in [0.717, 1.165) is 18.6 Å². The largest absolute Gasteiger partial charge is 0.416 e. The van der Waals surface area contributed by atoms with Crippen molar-refractivity contribution in [3.8, 4) is 0 Å². The number of nitrogens with one attached hydrogen (secondary N) is 1. The molecule has 0 atom stereocenters. The number of nitrogens with two attached hydrogens (primary N) is 1. The topological polar surface area (TPSA) is 73.3 Å². The van der Waals surface area contributed by atoms with Gasteiger partial charge in [0.25, 0.3) is 0 Å². The number of benzene rings is 1. The first-order valence-corrected chi connectivity index (χ1v) is 6.22. The van der Waals surface area contributed by atoms with Crippen molar-refractivity contribution in [1.82, 2.24) is 0 Å². The van der Waals surface area contributed by atoms with Gasteiger partial charge in [-0.05, 0) is 24.6 Å². The Hall–Kier alpha value is -1.76. The predicted molar refractivity (Wildman–Crippen MR) is 72.0 cm³/mol. The lowest BCUT2D eigenvalue weighted by atomic mass is 10.1. The van der Waals surface area contributed by atoms with Gasteiger partial charge in [-0.1, -0.05) is 6.92 Å². The third kappa shape index (κ3) is 3.86. The summed E-state index contributed by atoms with van der Waals surface area (Å²) < 4.78 is 38.1. The summed E-state index contributed by atoms with van der Waals surface area (Å²) in [6, 6.07) is 3.13. The molecule has 0 aliphatic rings. The van der Waals surface area contributed by atoms with Crippen LogP contribution in [0.5, 0.6) is 0 Å². The van der Waals surface area contributed by atoms with E-state index >= 15 is 0 Å². The van der Waals surface area contributed by atoms with Crippen molar-refractivity contribution in [3.63, 3.8) is 0 Å². The molecule has 7 heteroatoms. The summed E-state index contributed by atoms with van der Waals surface area (Å²) in [5.74, 6) is -0.426. The Morgan fingerprint density at radius 2 is 2.00 bits per heavy atom. The zero-order chi connectivity index (χ0) is 15.3. The first-order valence-electron chi connectivity index (χ1n) is 6.22. The Bertz CT molecular complexity index is 468. The van der Waals surface area contributed by atoms with Gasteiger partial charge >= 0.3 is 6.18 Å². The summed E-state index contributed by atoms with van der Waals surface area (Å²) in [6.45, 7) is 2.63. The minimum Gasteiger partial charge on any atom is -0.395 e. The lowest BCUT2D eigenvalue weighted by Crippen LogP contribution is -2.30. The molecule has 0 unspecified atom stereocenters. The summed E-state index contributed by atoms with van der Waals surface area (Å²) in [4.78, 5) is 1.72. The molecule has 0 saturated carbocycles. The van der Waals surface area contributed by atoms with Crippen LogP contribution in [0.15, 0.2) is 18.2 Å². The van der Waals surface area contributed by atoms with Crippen LogP contribution in [0.1, 0.15) is 24.5 Å². The van der Waals surface area contributed by atoms with E-state index in [1.807, 2.05) is 6.92 Å². The number of nitrogen functional groups attached to an aromatic ring is 1. The minimum absolute atomic E-state index is 0.0294. The fourth-order valence-corrected chi connectivity index (χ4v) is 1.95. The Morgan fingerprint density at radius 1 is 1.35 bits per heavy atom. The molecule has 0 aliphatic carbocycles. The van der Waals surface area contributed by atoms with Crippen LogP contribution in [-0.4, -0.2) is 30.6 Å². The molecule has 0 fully saturated rings. The second-order valence-electron chi connectivity index (χ2n) is 4.35. The Morgan fingerprint density at radius 3 is 2.45 bits per heavy atom. The maximum atomic E-state index is 12.7. The summed E-state index contributed by atoms with van der Waals surface area (Å²) in [6.07, 6.45) is -3.71. The van der Waals surface area contributed by atoms with E-state index in [1.165, 1.54) is 6.07 Å². The minimum atomic E-state index is -4.48. The summed E-state index contributed by atoms with van der Waals surface area (Å²) in [5.41, 5.74) is 5.00. The monoisotopic (exact) mass is 289 g/mol. The normalized spacial score (nSPS) is 11.4. The van der Waals surface area contributed by atoms with E-state index in [1.54, 1.807) is 4.90 Å². The average molecular weight is 289 g/mol. The predicted octanol–water partition coefficient (Wildman–Crippen LogP) is 2.20. The van der Waals surface area contributed by atoms with Crippen molar-refractivity contribution >= 4 is 11.5 Å². The average Bonchev–Trinajstić information content (AvgIpc) is 2.36. The Kier molecular flexibility index (Phi) is 5.38. The van der Waals surface area contributed by atoms with Gasteiger partial charge in [0, 0.05) is 24.3 Å². The van der Waals surface area contributed by atoms with Crippen LogP contribution < -0.4 is 10.6 Å². The number of nitrogens with zero attached hydrogens (tertiary/aromatic N) is 1. The number of hydrogen-bond donors (Lipinski definition) is 3. The molecule has 0 bridgehead atoms. The van der Waals surface area contributed by atoms with Crippen LogP contribution in [-0.2, 0) is 6.18 Å². The molecule has 0 spiro atoms. The van der Waals surface area contributed by atoms with Crippen LogP contribution >= 0.6 is 0 Å². The van der Waals surface area contributed by atoms with Crippen LogP contribution in [0.4, 0.5) is 18.9 Å². The number of amidine groups is 1. The van der Waals surface area contributed by atoms with Gasteiger partial charge in [0.15, 0.2) is 0 Å². The molecule has 112 valence electrons. The van der Waals surface area contributed by atoms with Crippen molar-refractivity contribution in [1.29, 1.82) is 5.41 Å². The number of anilines is 1. The molecule has 0 aliphatic heterocycles. The van der Waals surface area contributed by atoms with E-state index < -0.39 is 17.6 Å². The molecular formula is C13H18F3N3O. The molecule has 1 aromatic carbocycles. The maximum absolute atomic E-state index is 12.7. The van der Waals surface area contributed by atoms with E-state index in [-0.39, 0.29) is 18.7 Å². The Balaban J connectivity index is 3.28. The molecule has 4 N–H and O–H groups in total. The van der Waals surface area contributed by atoms with Gasteiger partial charge in [0.1, 0.15) is 5.84 Å². The van der Waals surface area contributed by atoms with E-state index in [0.29, 0.717) is 12.2 Å². The van der Waals surface area contributed by atoms with Gasteiger partial charge in [0.2, 0.25) is 0 Å². The van der Waals surface area contributed by atoms with Crippen molar-refractivity contribution in [2.24, 2.45) is 5.73 Å². The summed E-state index contributed by atoms with van der Waals surface area (Å²) in [5, 5.41) is 16.5. The second-order valence-corrected chi connectivity index (χ2v) is 4.35. The lowest BCUT2D eigenvalue weighted by molar-refractivity contribution is -0.137. The third-order valence-electron chi connectivity index (χ3n) is 2.82. The van der Waals surface area contributed by atoms with Crippen LogP contribution in [0.25, 0.3) is 0 Å². The number of aliphatic hydroxyl groups excluding tert-OH is 1. The molecule has 20 heavy (non-hydrogen) atoms. The summed E-state index contributed by atoms with van der Waals surface area (Å²) >= 11 is 0. The quantitative estimate of drug-likeness (QED) is 0.555. The number of hydrogen-bond acceptors (Lipinski definition) is 3. The van der Waals surface area contributed by atoms with Crippen LogP contribution in [0.3, 0.4) is 0 Å². The molecule has 0 saturated heterocycles. The fraction of sp³-hybridized carbons (Fsp3) is 0.462. The van der Waals surface area contributed by atoms with Gasteiger partial charge in [-0.3, -0.25) is 5.41 Å². The first kappa shape index (κ1) is 16.3. The zero-order valence-electron chi connectivity index (χ0n) is 11.2. The third-order valence-corrected chi connectivity index (χ3v) is 2.82. The van der Waals surface area contributed by atoms with Crippen molar-refractivity contribution in [3.05, 3.63) is 29.3 Å². The molecule has 0 radical (unpaired) electrons. The molecular weight excluding hydrogens is 271 g/mol. The Labute approximate surface area is 115 Å². The molecule has 4 nitrogen and oxygen atoms in total. The van der Waals surface area contributed by atoms with Gasteiger partial charge in [-0.15, -0.1) is 0 Å². The standard InChI is InChI=1S/C13H18F3N3O/c1-2-5-19(6-7-20)11-4-3-9(13(14,15)16)8-10(11)12(17)18/h3-4,8,20H,2,5-7H2,1H3,(H3,17,18). The van der Waals surface area contributed by atoms with Gasteiger partial charge in [-0.25, -0.2) is 0 Å². The zero-order valence-corrected chi connectivity index (χ0v) is 11.2. The highest BCUT2D eigenvalue weighted by Gasteiger charge is 2.31. The van der Waals surface area contributed by atoms with E-state index in [2.05, 4.69) is 0 Å². The van der Waals surface area contributed by atoms with E-state index in [4.69, 9.17) is 16.2 Å². The molecule has 0 heterocycles. The molecule has 0 amide bonds. The highest BCUT2D eigenvalue weighted by molar-refractivity contribution is 6.00.